The molecule has 0 fully saturated rings. The first-order valence-electron chi connectivity index (χ1n) is 5.69. The van der Waals surface area contributed by atoms with E-state index in [2.05, 4.69) is 10.2 Å². The minimum Gasteiger partial charge on any atom is -0.497 e. The number of rotatable bonds is 3. The van der Waals surface area contributed by atoms with Crippen molar-refractivity contribution in [1.82, 2.24) is 10.2 Å². The minimum absolute atomic E-state index is 0.0818. The van der Waals surface area contributed by atoms with Gasteiger partial charge in [-0.15, -0.1) is 0 Å². The van der Waals surface area contributed by atoms with Crippen LogP contribution in [0.25, 0.3) is 11.6 Å². The first-order valence-corrected chi connectivity index (χ1v) is 5.69. The van der Waals surface area contributed by atoms with E-state index in [9.17, 15) is 5.26 Å². The first-order chi connectivity index (χ1) is 9.69. The quantitative estimate of drug-likeness (QED) is 0.823. The Morgan fingerprint density at radius 2 is 2.05 bits per heavy atom. The zero-order valence-corrected chi connectivity index (χ0v) is 10.7. The molecule has 0 bridgehead atoms. The average Bonchev–Trinajstić information content (AvgIpc) is 2.86. The standard InChI is InChI=1S/C14H11N5O/c1-20-11-4-2-9(3-5-11)6-10(7-15)13-12(8-16)14(17)19-18-13/h2-6H,1H3,(H3,17,18,19). The van der Waals surface area contributed by atoms with Gasteiger partial charge >= 0.3 is 0 Å². The molecule has 0 radical (unpaired) electrons. The highest BCUT2D eigenvalue weighted by molar-refractivity contribution is 5.91. The molecular weight excluding hydrogens is 254 g/mol. The lowest BCUT2D eigenvalue weighted by Crippen LogP contribution is -1.90. The van der Waals surface area contributed by atoms with Crippen LogP contribution in [0.5, 0.6) is 5.75 Å². The maximum Gasteiger partial charge on any atom is 0.163 e. The van der Waals surface area contributed by atoms with Gasteiger partial charge in [0.2, 0.25) is 0 Å². The lowest BCUT2D eigenvalue weighted by Gasteiger charge is -2.00. The van der Waals surface area contributed by atoms with Gasteiger partial charge in [-0.1, -0.05) is 12.1 Å². The van der Waals surface area contributed by atoms with E-state index in [-0.39, 0.29) is 17.0 Å². The molecule has 0 unspecified atom stereocenters. The van der Waals surface area contributed by atoms with Gasteiger partial charge < -0.3 is 10.5 Å². The normalized spacial score (nSPS) is 10.7. The minimum atomic E-state index is 0.0818. The number of nitrogens with two attached hydrogens (primary N) is 1. The lowest BCUT2D eigenvalue weighted by molar-refractivity contribution is 0.415. The number of methoxy groups -OCH3 is 1. The summed E-state index contributed by atoms with van der Waals surface area (Å²) >= 11 is 0. The molecule has 98 valence electrons. The second-order valence-electron chi connectivity index (χ2n) is 3.91. The van der Waals surface area contributed by atoms with Crippen LogP contribution in [-0.4, -0.2) is 17.3 Å². The Balaban J connectivity index is 2.44. The van der Waals surface area contributed by atoms with Crippen LogP contribution >= 0.6 is 0 Å². The number of nitrogen functional groups attached to an aromatic ring is 1. The van der Waals surface area contributed by atoms with Crippen molar-refractivity contribution < 1.29 is 4.74 Å². The summed E-state index contributed by atoms with van der Waals surface area (Å²) < 4.78 is 5.06. The van der Waals surface area contributed by atoms with Crippen LogP contribution < -0.4 is 10.5 Å². The van der Waals surface area contributed by atoms with Gasteiger partial charge in [0, 0.05) is 0 Å². The van der Waals surface area contributed by atoms with Crippen molar-refractivity contribution >= 4 is 17.5 Å². The summed E-state index contributed by atoms with van der Waals surface area (Å²) in [6.07, 6.45) is 1.65. The van der Waals surface area contributed by atoms with Gasteiger partial charge in [-0.2, -0.15) is 15.6 Å². The average molecular weight is 265 g/mol. The van der Waals surface area contributed by atoms with Crippen LogP contribution in [-0.2, 0) is 0 Å². The van der Waals surface area contributed by atoms with Crippen LogP contribution in [0, 0.1) is 22.7 Å². The largest absolute Gasteiger partial charge is 0.497 e. The van der Waals surface area contributed by atoms with E-state index in [1.54, 1.807) is 25.3 Å². The predicted molar refractivity (Wildman–Crippen MR) is 74.2 cm³/mol. The summed E-state index contributed by atoms with van der Waals surface area (Å²) in [5.74, 6) is 0.808. The molecule has 0 spiro atoms. The highest BCUT2D eigenvalue weighted by atomic mass is 16.5. The number of nitrogens with zero attached hydrogens (tertiary/aromatic N) is 3. The molecule has 0 saturated carbocycles. The zero-order valence-electron chi connectivity index (χ0n) is 10.7. The van der Waals surface area contributed by atoms with Crippen LogP contribution in [0.15, 0.2) is 24.3 Å². The van der Waals surface area contributed by atoms with E-state index >= 15 is 0 Å². The smallest absolute Gasteiger partial charge is 0.163 e. The topological polar surface area (TPSA) is 112 Å². The Kier molecular flexibility index (Phi) is 3.69. The second kappa shape index (κ2) is 5.59. The summed E-state index contributed by atoms with van der Waals surface area (Å²) in [5.41, 5.74) is 7.15. The van der Waals surface area contributed by atoms with Crippen molar-refractivity contribution in [2.24, 2.45) is 0 Å². The zero-order chi connectivity index (χ0) is 14.5. The number of nitrogens with one attached hydrogen (secondary N) is 1. The van der Waals surface area contributed by atoms with Crippen molar-refractivity contribution in [2.45, 2.75) is 0 Å². The molecule has 3 N–H and O–H groups in total. The van der Waals surface area contributed by atoms with Crippen molar-refractivity contribution in [3.05, 3.63) is 41.1 Å². The SMILES string of the molecule is COc1ccc(C=C(C#N)c2[nH]nc(N)c2C#N)cc1. The van der Waals surface area contributed by atoms with Gasteiger partial charge in [-0.25, -0.2) is 0 Å². The molecule has 1 heterocycles. The molecule has 1 aromatic heterocycles. The van der Waals surface area contributed by atoms with Crippen molar-refractivity contribution in [2.75, 3.05) is 12.8 Å². The molecule has 0 saturated heterocycles. The van der Waals surface area contributed by atoms with Gasteiger partial charge in [0.1, 0.15) is 23.5 Å². The van der Waals surface area contributed by atoms with E-state index in [0.29, 0.717) is 5.69 Å². The molecule has 0 aliphatic carbocycles. The van der Waals surface area contributed by atoms with Crippen LogP contribution in [0.4, 0.5) is 5.82 Å². The van der Waals surface area contributed by atoms with E-state index in [4.69, 9.17) is 15.7 Å². The fourth-order valence-corrected chi connectivity index (χ4v) is 1.69. The summed E-state index contributed by atoms with van der Waals surface area (Å²) in [4.78, 5) is 0. The Hall–Kier alpha value is -3.25. The molecule has 2 aromatic rings. The van der Waals surface area contributed by atoms with E-state index in [1.807, 2.05) is 24.3 Å². The summed E-state index contributed by atoms with van der Waals surface area (Å²) in [5, 5.41) is 24.6. The third kappa shape index (κ3) is 2.45. The number of hydrogen-bond acceptors (Lipinski definition) is 5. The number of anilines is 1. The number of aromatic amines is 1. The number of hydrogen-bond donors (Lipinski definition) is 2. The van der Waals surface area contributed by atoms with Gasteiger partial charge in [0.15, 0.2) is 5.82 Å². The number of ether oxygens (including phenoxy) is 1. The monoisotopic (exact) mass is 265 g/mol. The Morgan fingerprint density at radius 1 is 1.35 bits per heavy atom. The molecule has 0 aliphatic heterocycles. The molecule has 2 rings (SSSR count). The van der Waals surface area contributed by atoms with E-state index in [1.165, 1.54) is 0 Å². The van der Waals surface area contributed by atoms with Gasteiger partial charge in [0.05, 0.1) is 18.4 Å². The third-order valence-corrected chi connectivity index (χ3v) is 2.72. The Labute approximate surface area is 115 Å². The van der Waals surface area contributed by atoms with Gasteiger partial charge in [-0.3, -0.25) is 5.10 Å². The summed E-state index contributed by atoms with van der Waals surface area (Å²) in [7, 11) is 1.58. The Bertz CT molecular complexity index is 728. The van der Waals surface area contributed by atoms with E-state index in [0.717, 1.165) is 11.3 Å². The molecule has 0 amide bonds. The fraction of sp³-hybridized carbons (Fsp3) is 0.0714. The molecular formula is C14H11N5O. The highest BCUT2D eigenvalue weighted by Crippen LogP contribution is 2.23. The number of nitriles is 2. The van der Waals surface area contributed by atoms with Crippen molar-refractivity contribution in [3.63, 3.8) is 0 Å². The van der Waals surface area contributed by atoms with Gasteiger partial charge in [0.25, 0.3) is 0 Å². The first kappa shape index (κ1) is 13.2. The second-order valence-corrected chi connectivity index (χ2v) is 3.91. The maximum atomic E-state index is 9.23. The van der Waals surface area contributed by atoms with Crippen LogP contribution in [0.1, 0.15) is 16.8 Å². The molecule has 20 heavy (non-hydrogen) atoms. The maximum absolute atomic E-state index is 9.23. The molecule has 1 aromatic carbocycles. The fourth-order valence-electron chi connectivity index (χ4n) is 1.69. The van der Waals surface area contributed by atoms with Crippen molar-refractivity contribution in [3.8, 4) is 17.9 Å². The van der Waals surface area contributed by atoms with Crippen molar-refractivity contribution in [1.29, 1.82) is 10.5 Å². The lowest BCUT2D eigenvalue weighted by atomic mass is 10.1. The number of allylic oxidation sites excluding steroid dienone is 1. The molecule has 0 aliphatic rings. The molecule has 0 atom stereocenters. The number of aromatic nitrogens is 2. The Morgan fingerprint density at radius 3 is 2.60 bits per heavy atom. The molecule has 6 heteroatoms. The third-order valence-electron chi connectivity index (χ3n) is 2.72. The highest BCUT2D eigenvalue weighted by Gasteiger charge is 2.14. The number of benzene rings is 1. The molecule has 6 nitrogen and oxygen atoms in total. The van der Waals surface area contributed by atoms with Crippen LogP contribution in [0.2, 0.25) is 0 Å². The summed E-state index contributed by atoms with van der Waals surface area (Å²) in [6, 6.07) is 11.2. The summed E-state index contributed by atoms with van der Waals surface area (Å²) in [6.45, 7) is 0. The van der Waals surface area contributed by atoms with Gasteiger partial charge in [-0.05, 0) is 23.8 Å². The number of H-pyrrole nitrogens is 1. The predicted octanol–water partition coefficient (Wildman–Crippen LogP) is 1.94. The van der Waals surface area contributed by atoms with Crippen LogP contribution in [0.3, 0.4) is 0 Å². The van der Waals surface area contributed by atoms with E-state index < -0.39 is 0 Å².